The molecular formula is C23H30N4O3. The number of ether oxygens (including phenoxy) is 1. The lowest BCUT2D eigenvalue weighted by atomic mass is 9.95. The van der Waals surface area contributed by atoms with Gasteiger partial charge in [0.1, 0.15) is 17.4 Å². The molecule has 0 spiro atoms. The van der Waals surface area contributed by atoms with Crippen LogP contribution in [0, 0.1) is 12.3 Å². The van der Waals surface area contributed by atoms with Crippen molar-refractivity contribution >= 4 is 17.6 Å². The Kier molecular flexibility index (Phi) is 6.10. The van der Waals surface area contributed by atoms with Gasteiger partial charge in [0.15, 0.2) is 0 Å². The molecule has 2 amide bonds. The van der Waals surface area contributed by atoms with Gasteiger partial charge in [-0.25, -0.2) is 9.97 Å². The van der Waals surface area contributed by atoms with Crippen molar-refractivity contribution in [2.45, 2.75) is 53.6 Å². The number of amides is 2. The predicted octanol–water partition coefficient (Wildman–Crippen LogP) is 3.28. The fourth-order valence-corrected chi connectivity index (χ4v) is 3.68. The second-order valence-corrected chi connectivity index (χ2v) is 8.77. The second kappa shape index (κ2) is 8.42. The molecule has 30 heavy (non-hydrogen) atoms. The van der Waals surface area contributed by atoms with Crippen LogP contribution in [-0.2, 0) is 29.1 Å². The number of aromatic nitrogens is 2. The highest BCUT2D eigenvalue weighted by atomic mass is 16.5. The van der Waals surface area contributed by atoms with Crippen LogP contribution in [0.1, 0.15) is 49.8 Å². The normalized spacial score (nSPS) is 13.8. The third-order valence-corrected chi connectivity index (χ3v) is 5.23. The molecule has 0 aliphatic carbocycles. The molecular weight excluding hydrogens is 380 g/mol. The number of anilines is 1. The van der Waals surface area contributed by atoms with E-state index in [-0.39, 0.29) is 11.8 Å². The van der Waals surface area contributed by atoms with Crippen LogP contribution in [0.3, 0.4) is 0 Å². The number of carbonyl (C=O) groups excluding carboxylic acids is 2. The molecule has 2 heterocycles. The van der Waals surface area contributed by atoms with Gasteiger partial charge < -0.3 is 9.64 Å². The fraction of sp³-hybridized carbons (Fsp3) is 0.478. The van der Waals surface area contributed by atoms with Gasteiger partial charge in [-0.15, -0.1) is 0 Å². The molecule has 0 N–H and O–H groups in total. The molecule has 3 rings (SSSR count). The van der Waals surface area contributed by atoms with Crippen LogP contribution < -0.4 is 9.64 Å². The molecule has 7 heteroatoms. The molecule has 0 radical (unpaired) electrons. The molecule has 160 valence electrons. The van der Waals surface area contributed by atoms with Gasteiger partial charge in [-0.2, -0.15) is 0 Å². The van der Waals surface area contributed by atoms with E-state index in [2.05, 4.69) is 4.98 Å². The van der Waals surface area contributed by atoms with E-state index in [1.54, 1.807) is 24.0 Å². The Bertz CT molecular complexity index is 965. The summed E-state index contributed by atoms with van der Waals surface area (Å²) in [7, 11) is 3.38. The number of hydrogen-bond donors (Lipinski definition) is 0. The second-order valence-electron chi connectivity index (χ2n) is 8.77. The zero-order valence-electron chi connectivity index (χ0n) is 18.7. The maximum absolute atomic E-state index is 12.8. The first kappa shape index (κ1) is 21.7. The molecule has 1 aliphatic heterocycles. The lowest BCUT2D eigenvalue weighted by Crippen LogP contribution is -2.38. The van der Waals surface area contributed by atoms with Crippen LogP contribution in [0.5, 0.6) is 5.75 Å². The van der Waals surface area contributed by atoms with Crippen LogP contribution in [0.2, 0.25) is 0 Å². The van der Waals surface area contributed by atoms with Crippen molar-refractivity contribution in [3.8, 4) is 5.75 Å². The van der Waals surface area contributed by atoms with E-state index in [0.717, 1.165) is 22.6 Å². The van der Waals surface area contributed by atoms with Gasteiger partial charge in [0.05, 0.1) is 20.2 Å². The average molecular weight is 411 g/mol. The third-order valence-electron chi connectivity index (χ3n) is 5.23. The SMILES string of the molecule is COc1cccc(CN2C(=O)CCc3c(C)nc(CN(C)C(=O)C(C)(C)C)nc32)c1. The molecule has 7 nitrogen and oxygen atoms in total. The smallest absolute Gasteiger partial charge is 0.228 e. The Labute approximate surface area is 178 Å². The van der Waals surface area contributed by atoms with Crippen LogP contribution in [0.25, 0.3) is 0 Å². The summed E-state index contributed by atoms with van der Waals surface area (Å²) in [5.41, 5.74) is 2.33. The summed E-state index contributed by atoms with van der Waals surface area (Å²) in [5.74, 6) is 1.99. The largest absolute Gasteiger partial charge is 0.497 e. The summed E-state index contributed by atoms with van der Waals surface area (Å²) < 4.78 is 5.31. The minimum absolute atomic E-state index is 0.0192. The van der Waals surface area contributed by atoms with E-state index < -0.39 is 5.41 Å². The maximum atomic E-state index is 12.8. The van der Waals surface area contributed by atoms with Crippen molar-refractivity contribution in [3.05, 3.63) is 46.9 Å². The molecule has 0 atom stereocenters. The molecule has 1 aromatic heterocycles. The van der Waals surface area contributed by atoms with Gasteiger partial charge in [-0.3, -0.25) is 14.5 Å². The number of carbonyl (C=O) groups is 2. The third kappa shape index (κ3) is 4.61. The van der Waals surface area contributed by atoms with Crippen LogP contribution >= 0.6 is 0 Å². The van der Waals surface area contributed by atoms with E-state index in [1.807, 2.05) is 52.0 Å². The topological polar surface area (TPSA) is 75.6 Å². The van der Waals surface area contributed by atoms with Gasteiger partial charge in [-0.05, 0) is 31.0 Å². The van der Waals surface area contributed by atoms with Crippen molar-refractivity contribution < 1.29 is 14.3 Å². The van der Waals surface area contributed by atoms with Crippen molar-refractivity contribution in [1.29, 1.82) is 0 Å². The summed E-state index contributed by atoms with van der Waals surface area (Å²) in [6.07, 6.45) is 1.06. The van der Waals surface area contributed by atoms with Crippen molar-refractivity contribution in [1.82, 2.24) is 14.9 Å². The number of methoxy groups -OCH3 is 1. The van der Waals surface area contributed by atoms with Crippen molar-refractivity contribution in [2.75, 3.05) is 19.1 Å². The lowest BCUT2D eigenvalue weighted by Gasteiger charge is -2.30. The number of rotatable bonds is 5. The molecule has 1 aliphatic rings. The van der Waals surface area contributed by atoms with E-state index in [0.29, 0.717) is 37.6 Å². The molecule has 0 saturated carbocycles. The first-order valence-electron chi connectivity index (χ1n) is 10.2. The van der Waals surface area contributed by atoms with E-state index in [1.165, 1.54) is 0 Å². The Morgan fingerprint density at radius 3 is 2.63 bits per heavy atom. The first-order valence-corrected chi connectivity index (χ1v) is 10.2. The molecule has 0 saturated heterocycles. The van der Waals surface area contributed by atoms with Crippen molar-refractivity contribution in [3.63, 3.8) is 0 Å². The highest BCUT2D eigenvalue weighted by molar-refractivity contribution is 5.95. The summed E-state index contributed by atoms with van der Waals surface area (Å²) in [6.45, 7) is 8.31. The Morgan fingerprint density at radius 1 is 1.23 bits per heavy atom. The predicted molar refractivity (Wildman–Crippen MR) is 115 cm³/mol. The quantitative estimate of drug-likeness (QED) is 0.756. The van der Waals surface area contributed by atoms with E-state index in [4.69, 9.17) is 9.72 Å². The monoisotopic (exact) mass is 410 g/mol. The van der Waals surface area contributed by atoms with Crippen LogP contribution in [0.4, 0.5) is 5.82 Å². The Morgan fingerprint density at radius 2 is 1.97 bits per heavy atom. The number of nitrogens with zero attached hydrogens (tertiary/aromatic N) is 4. The van der Waals surface area contributed by atoms with E-state index >= 15 is 0 Å². The number of aryl methyl sites for hydroxylation is 1. The van der Waals surface area contributed by atoms with Crippen LogP contribution in [0.15, 0.2) is 24.3 Å². The summed E-state index contributed by atoms with van der Waals surface area (Å²) >= 11 is 0. The highest BCUT2D eigenvalue weighted by Crippen LogP contribution is 2.30. The van der Waals surface area contributed by atoms with Crippen molar-refractivity contribution in [2.24, 2.45) is 5.41 Å². The molecule has 0 bridgehead atoms. The first-order chi connectivity index (χ1) is 14.1. The molecule has 0 fully saturated rings. The van der Waals surface area contributed by atoms with Crippen LogP contribution in [-0.4, -0.2) is 40.8 Å². The van der Waals surface area contributed by atoms with Gasteiger partial charge >= 0.3 is 0 Å². The standard InChI is InChI=1S/C23H30N4O3/c1-15-18-10-11-20(28)27(13-16-8-7-9-17(12-16)30-6)21(18)25-19(24-15)14-26(5)22(29)23(2,3)4/h7-9,12H,10-11,13-14H2,1-6H3. The fourth-order valence-electron chi connectivity index (χ4n) is 3.68. The minimum atomic E-state index is -0.480. The number of hydrogen-bond acceptors (Lipinski definition) is 5. The Balaban J connectivity index is 1.92. The van der Waals surface area contributed by atoms with Gasteiger partial charge in [-0.1, -0.05) is 32.9 Å². The van der Waals surface area contributed by atoms with Gasteiger partial charge in [0, 0.05) is 30.1 Å². The average Bonchev–Trinajstić information content (AvgIpc) is 2.69. The van der Waals surface area contributed by atoms with Gasteiger partial charge in [0.25, 0.3) is 0 Å². The van der Waals surface area contributed by atoms with Gasteiger partial charge in [0.2, 0.25) is 11.8 Å². The summed E-state index contributed by atoms with van der Waals surface area (Å²) in [5, 5.41) is 0. The summed E-state index contributed by atoms with van der Waals surface area (Å²) in [4.78, 5) is 38.0. The highest BCUT2D eigenvalue weighted by Gasteiger charge is 2.30. The molecule has 0 unspecified atom stereocenters. The zero-order valence-corrected chi connectivity index (χ0v) is 18.7. The summed E-state index contributed by atoms with van der Waals surface area (Å²) in [6, 6.07) is 7.68. The maximum Gasteiger partial charge on any atom is 0.228 e. The molecule has 1 aromatic carbocycles. The Hall–Kier alpha value is -2.96. The minimum Gasteiger partial charge on any atom is -0.497 e. The molecule has 2 aromatic rings. The zero-order chi connectivity index (χ0) is 22.1. The van der Waals surface area contributed by atoms with E-state index in [9.17, 15) is 9.59 Å². The lowest BCUT2D eigenvalue weighted by molar-refractivity contribution is -0.138. The number of fused-ring (bicyclic) bond motifs is 1. The number of benzene rings is 1.